The Bertz CT molecular complexity index is 500. The topological polar surface area (TPSA) is 29.9 Å². The molecule has 17 heavy (non-hydrogen) atoms. The van der Waals surface area contributed by atoms with Crippen LogP contribution in [-0.2, 0) is 20.1 Å². The second-order valence-corrected chi connectivity index (χ2v) is 4.41. The fourth-order valence-corrected chi connectivity index (χ4v) is 1.90. The number of nitrogens with one attached hydrogen (secondary N) is 1. The molecule has 0 unspecified atom stereocenters. The van der Waals surface area contributed by atoms with Gasteiger partial charge in [0.15, 0.2) is 0 Å². The fraction of sp³-hybridized carbons (Fsp3) is 0.357. The van der Waals surface area contributed by atoms with Crippen LogP contribution in [-0.4, -0.2) is 9.78 Å². The summed E-state index contributed by atoms with van der Waals surface area (Å²) in [7, 11) is 1.97. The predicted octanol–water partition coefficient (Wildman–Crippen LogP) is 2.33. The molecule has 90 valence electrons. The summed E-state index contributed by atoms with van der Waals surface area (Å²) < 4.78 is 1.90. The summed E-state index contributed by atoms with van der Waals surface area (Å²) in [5, 5.41) is 7.60. The molecule has 1 N–H and O–H groups in total. The number of hydrogen-bond acceptors (Lipinski definition) is 2. The van der Waals surface area contributed by atoms with E-state index in [0.29, 0.717) is 0 Å². The molecule has 0 bridgehead atoms. The third-order valence-electron chi connectivity index (χ3n) is 3.26. The zero-order valence-electron chi connectivity index (χ0n) is 10.7. The lowest BCUT2D eigenvalue weighted by Gasteiger charge is -2.10. The largest absolute Gasteiger partial charge is 0.307 e. The van der Waals surface area contributed by atoms with E-state index in [1.165, 1.54) is 22.4 Å². The Balaban J connectivity index is 1.95. The molecule has 0 radical (unpaired) electrons. The number of aromatic nitrogens is 2. The number of hydrogen-bond donors (Lipinski definition) is 1. The zero-order chi connectivity index (χ0) is 12.3. The molecule has 1 heterocycles. The van der Waals surface area contributed by atoms with Crippen LogP contribution in [0.1, 0.15) is 22.4 Å². The van der Waals surface area contributed by atoms with Crippen molar-refractivity contribution >= 4 is 0 Å². The molecule has 0 aliphatic heterocycles. The Morgan fingerprint density at radius 1 is 1.18 bits per heavy atom. The average molecular weight is 229 g/mol. The molecule has 0 spiro atoms. The standard InChI is InChI=1S/C14H19N3/c1-11-5-4-6-13(12(11)2)9-15-10-14-7-8-16-17(14)3/h4-8,15H,9-10H2,1-3H3. The van der Waals surface area contributed by atoms with Gasteiger partial charge in [0, 0.05) is 26.3 Å². The van der Waals surface area contributed by atoms with Crippen LogP contribution in [0.2, 0.25) is 0 Å². The van der Waals surface area contributed by atoms with Gasteiger partial charge >= 0.3 is 0 Å². The Kier molecular flexibility index (Phi) is 3.59. The third kappa shape index (κ3) is 2.74. The summed E-state index contributed by atoms with van der Waals surface area (Å²) in [5.41, 5.74) is 5.30. The summed E-state index contributed by atoms with van der Waals surface area (Å²) in [6, 6.07) is 8.48. The van der Waals surface area contributed by atoms with Gasteiger partial charge in [-0.05, 0) is 36.6 Å². The van der Waals surface area contributed by atoms with Crippen LogP contribution in [0, 0.1) is 13.8 Å². The van der Waals surface area contributed by atoms with Crippen molar-refractivity contribution in [2.24, 2.45) is 7.05 Å². The number of rotatable bonds is 4. The Hall–Kier alpha value is -1.61. The summed E-state index contributed by atoms with van der Waals surface area (Å²) in [6.45, 7) is 6.08. The monoisotopic (exact) mass is 229 g/mol. The highest BCUT2D eigenvalue weighted by molar-refractivity contribution is 5.32. The van der Waals surface area contributed by atoms with Crippen LogP contribution in [0.3, 0.4) is 0 Å². The van der Waals surface area contributed by atoms with Crippen molar-refractivity contribution in [3.63, 3.8) is 0 Å². The highest BCUT2D eigenvalue weighted by atomic mass is 15.3. The normalized spacial score (nSPS) is 10.8. The molecular weight excluding hydrogens is 210 g/mol. The maximum absolute atomic E-state index is 4.15. The third-order valence-corrected chi connectivity index (χ3v) is 3.26. The van der Waals surface area contributed by atoms with Crippen molar-refractivity contribution < 1.29 is 0 Å². The molecule has 1 aromatic carbocycles. The van der Waals surface area contributed by atoms with Crippen molar-refractivity contribution in [2.75, 3.05) is 0 Å². The molecule has 2 rings (SSSR count). The maximum atomic E-state index is 4.15. The molecule has 0 aliphatic carbocycles. The van der Waals surface area contributed by atoms with Crippen molar-refractivity contribution in [2.45, 2.75) is 26.9 Å². The SMILES string of the molecule is Cc1cccc(CNCc2ccnn2C)c1C. The van der Waals surface area contributed by atoms with Crippen LogP contribution in [0.5, 0.6) is 0 Å². The smallest absolute Gasteiger partial charge is 0.0518 e. The molecule has 3 heteroatoms. The fourth-order valence-electron chi connectivity index (χ4n) is 1.90. The Labute approximate surface area is 102 Å². The van der Waals surface area contributed by atoms with Gasteiger partial charge in [0.2, 0.25) is 0 Å². The molecule has 0 saturated heterocycles. The number of aryl methyl sites for hydroxylation is 2. The van der Waals surface area contributed by atoms with Crippen LogP contribution < -0.4 is 5.32 Å². The van der Waals surface area contributed by atoms with E-state index in [9.17, 15) is 0 Å². The van der Waals surface area contributed by atoms with E-state index in [0.717, 1.165) is 13.1 Å². The second-order valence-electron chi connectivity index (χ2n) is 4.41. The first kappa shape index (κ1) is 11.9. The average Bonchev–Trinajstić information content (AvgIpc) is 2.71. The summed E-state index contributed by atoms with van der Waals surface area (Å²) in [5.74, 6) is 0. The summed E-state index contributed by atoms with van der Waals surface area (Å²) in [6.07, 6.45) is 1.83. The highest BCUT2D eigenvalue weighted by Gasteiger charge is 2.01. The molecule has 0 amide bonds. The zero-order valence-corrected chi connectivity index (χ0v) is 10.7. The van der Waals surface area contributed by atoms with E-state index < -0.39 is 0 Å². The second kappa shape index (κ2) is 5.15. The van der Waals surface area contributed by atoms with Gasteiger partial charge in [0.25, 0.3) is 0 Å². The van der Waals surface area contributed by atoms with Crippen molar-refractivity contribution in [3.8, 4) is 0 Å². The Morgan fingerprint density at radius 3 is 2.71 bits per heavy atom. The van der Waals surface area contributed by atoms with E-state index in [-0.39, 0.29) is 0 Å². The minimum atomic E-state index is 0.851. The van der Waals surface area contributed by atoms with Crippen molar-refractivity contribution in [3.05, 3.63) is 52.8 Å². The molecular formula is C14H19N3. The first-order valence-corrected chi connectivity index (χ1v) is 5.91. The maximum Gasteiger partial charge on any atom is 0.0518 e. The number of benzene rings is 1. The van der Waals surface area contributed by atoms with E-state index in [4.69, 9.17) is 0 Å². The van der Waals surface area contributed by atoms with Gasteiger partial charge in [-0.25, -0.2) is 0 Å². The van der Waals surface area contributed by atoms with Gasteiger partial charge in [0.05, 0.1) is 5.69 Å². The van der Waals surface area contributed by atoms with E-state index in [1.807, 2.05) is 24.0 Å². The molecule has 2 aromatic rings. The van der Waals surface area contributed by atoms with Gasteiger partial charge in [-0.3, -0.25) is 4.68 Å². The lowest BCUT2D eigenvalue weighted by molar-refractivity contribution is 0.625. The minimum Gasteiger partial charge on any atom is -0.307 e. The molecule has 0 saturated carbocycles. The van der Waals surface area contributed by atoms with Crippen molar-refractivity contribution in [1.29, 1.82) is 0 Å². The quantitative estimate of drug-likeness (QED) is 0.872. The molecule has 0 fully saturated rings. The van der Waals surface area contributed by atoms with E-state index in [2.05, 4.69) is 42.5 Å². The molecule has 1 aromatic heterocycles. The lowest BCUT2D eigenvalue weighted by Crippen LogP contribution is -2.16. The van der Waals surface area contributed by atoms with Gasteiger partial charge in [-0.2, -0.15) is 5.10 Å². The van der Waals surface area contributed by atoms with Gasteiger partial charge < -0.3 is 5.32 Å². The molecule has 3 nitrogen and oxygen atoms in total. The predicted molar refractivity (Wildman–Crippen MR) is 69.7 cm³/mol. The minimum absolute atomic E-state index is 0.851. The summed E-state index contributed by atoms with van der Waals surface area (Å²) >= 11 is 0. The highest BCUT2D eigenvalue weighted by Crippen LogP contribution is 2.12. The van der Waals surface area contributed by atoms with Crippen LogP contribution in [0.15, 0.2) is 30.5 Å². The molecule has 0 atom stereocenters. The van der Waals surface area contributed by atoms with E-state index in [1.54, 1.807) is 0 Å². The van der Waals surface area contributed by atoms with Crippen LogP contribution >= 0.6 is 0 Å². The first-order chi connectivity index (χ1) is 8.18. The van der Waals surface area contributed by atoms with Crippen LogP contribution in [0.4, 0.5) is 0 Å². The van der Waals surface area contributed by atoms with Crippen LogP contribution in [0.25, 0.3) is 0 Å². The lowest BCUT2D eigenvalue weighted by atomic mass is 10.0. The molecule has 0 aliphatic rings. The summed E-state index contributed by atoms with van der Waals surface area (Å²) in [4.78, 5) is 0. The Morgan fingerprint density at radius 2 is 2.00 bits per heavy atom. The van der Waals surface area contributed by atoms with Gasteiger partial charge in [-0.15, -0.1) is 0 Å². The number of nitrogens with zero attached hydrogens (tertiary/aromatic N) is 2. The van der Waals surface area contributed by atoms with Gasteiger partial charge in [-0.1, -0.05) is 18.2 Å². The first-order valence-electron chi connectivity index (χ1n) is 5.91. The van der Waals surface area contributed by atoms with Crippen molar-refractivity contribution in [1.82, 2.24) is 15.1 Å². The van der Waals surface area contributed by atoms with Gasteiger partial charge in [0.1, 0.15) is 0 Å². The van der Waals surface area contributed by atoms with E-state index >= 15 is 0 Å².